The molecule has 14 heavy (non-hydrogen) atoms. The normalized spacial score (nSPS) is 28.5. The Hall–Kier alpha value is -0.120. The average molecular weight is 199 g/mol. The van der Waals surface area contributed by atoms with Gasteiger partial charge in [0, 0.05) is 31.2 Å². The molecule has 0 radical (unpaired) electrons. The Morgan fingerprint density at radius 3 is 2.36 bits per heavy atom. The zero-order chi connectivity index (χ0) is 10.8. The Morgan fingerprint density at radius 2 is 1.93 bits per heavy atom. The molecule has 1 rings (SSSR count). The number of hydrogen-bond acceptors (Lipinski definition) is 3. The van der Waals surface area contributed by atoms with Crippen molar-refractivity contribution in [1.29, 1.82) is 0 Å². The summed E-state index contributed by atoms with van der Waals surface area (Å²) in [5.74, 6) is 1.14. The van der Waals surface area contributed by atoms with Crippen LogP contribution in [0.15, 0.2) is 0 Å². The fraction of sp³-hybridized carbons (Fsp3) is 1.00. The maximum absolute atomic E-state index is 6.14. The smallest absolute Gasteiger partial charge is 0.0221 e. The minimum Gasteiger partial charge on any atom is -0.325 e. The highest BCUT2D eigenvalue weighted by Gasteiger charge is 2.31. The second-order valence-electron chi connectivity index (χ2n) is 5.23. The molecular formula is C11H25N3. The van der Waals surface area contributed by atoms with Crippen molar-refractivity contribution in [2.24, 2.45) is 17.6 Å². The number of nitrogens with one attached hydrogen (secondary N) is 2. The third-order valence-corrected chi connectivity index (χ3v) is 3.67. The van der Waals surface area contributed by atoms with Gasteiger partial charge >= 0.3 is 0 Å². The lowest BCUT2D eigenvalue weighted by Crippen LogP contribution is -2.55. The summed E-state index contributed by atoms with van der Waals surface area (Å²) < 4.78 is 0. The molecule has 1 saturated heterocycles. The predicted molar refractivity (Wildman–Crippen MR) is 61.3 cm³/mol. The number of nitrogens with two attached hydrogens (primary N) is 1. The van der Waals surface area contributed by atoms with Crippen molar-refractivity contribution in [3.05, 3.63) is 0 Å². The number of piperazine rings is 1. The van der Waals surface area contributed by atoms with Crippen molar-refractivity contribution in [3.8, 4) is 0 Å². The van der Waals surface area contributed by atoms with Gasteiger partial charge in [-0.25, -0.2) is 0 Å². The number of hydrogen-bond donors (Lipinski definition) is 3. The van der Waals surface area contributed by atoms with Crippen molar-refractivity contribution in [3.63, 3.8) is 0 Å². The minimum absolute atomic E-state index is 0.0848. The Kier molecular flexibility index (Phi) is 3.93. The van der Waals surface area contributed by atoms with Crippen molar-refractivity contribution < 1.29 is 0 Å². The van der Waals surface area contributed by atoms with E-state index < -0.39 is 0 Å². The Bertz CT molecular complexity index is 168. The summed E-state index contributed by atoms with van der Waals surface area (Å²) >= 11 is 0. The Balaban J connectivity index is 2.50. The van der Waals surface area contributed by atoms with Crippen LogP contribution in [0.25, 0.3) is 0 Å². The van der Waals surface area contributed by atoms with Gasteiger partial charge in [-0.2, -0.15) is 0 Å². The molecule has 0 saturated carbocycles. The molecule has 1 aliphatic rings. The first kappa shape index (κ1) is 12.0. The van der Waals surface area contributed by atoms with Crippen LogP contribution in [0, 0.1) is 11.8 Å². The molecule has 0 spiro atoms. The highest BCUT2D eigenvalue weighted by atomic mass is 15.1. The quantitative estimate of drug-likeness (QED) is 0.622. The summed E-state index contributed by atoms with van der Waals surface area (Å²) in [4.78, 5) is 0. The van der Waals surface area contributed by atoms with Gasteiger partial charge in [0.2, 0.25) is 0 Å². The van der Waals surface area contributed by atoms with E-state index in [2.05, 4.69) is 38.3 Å². The van der Waals surface area contributed by atoms with Gasteiger partial charge in [0.05, 0.1) is 0 Å². The van der Waals surface area contributed by atoms with Crippen LogP contribution < -0.4 is 16.4 Å². The van der Waals surface area contributed by atoms with Crippen molar-refractivity contribution in [1.82, 2.24) is 10.6 Å². The first-order valence-electron chi connectivity index (χ1n) is 5.66. The van der Waals surface area contributed by atoms with E-state index in [9.17, 15) is 0 Å². The van der Waals surface area contributed by atoms with E-state index in [1.54, 1.807) is 0 Å². The highest BCUT2D eigenvalue weighted by Crippen LogP contribution is 2.24. The third kappa shape index (κ3) is 2.94. The topological polar surface area (TPSA) is 50.1 Å². The monoisotopic (exact) mass is 199 g/mol. The van der Waals surface area contributed by atoms with Crippen molar-refractivity contribution in [2.75, 3.05) is 19.6 Å². The molecule has 0 aromatic carbocycles. The van der Waals surface area contributed by atoms with Gasteiger partial charge in [0.1, 0.15) is 0 Å². The number of rotatable bonds is 3. The van der Waals surface area contributed by atoms with Gasteiger partial charge < -0.3 is 16.4 Å². The molecule has 0 aromatic heterocycles. The molecule has 4 N–H and O–H groups in total. The van der Waals surface area contributed by atoms with Crippen LogP contribution in [0.1, 0.15) is 27.7 Å². The molecule has 3 heteroatoms. The molecule has 0 aromatic rings. The van der Waals surface area contributed by atoms with Crippen molar-refractivity contribution >= 4 is 0 Å². The van der Waals surface area contributed by atoms with E-state index >= 15 is 0 Å². The Labute approximate surface area is 87.8 Å². The van der Waals surface area contributed by atoms with E-state index in [1.807, 2.05) is 0 Å². The van der Waals surface area contributed by atoms with Crippen LogP contribution in [0.3, 0.4) is 0 Å². The summed E-state index contributed by atoms with van der Waals surface area (Å²) in [6.45, 7) is 12.0. The molecule has 3 atom stereocenters. The van der Waals surface area contributed by atoms with Gasteiger partial charge in [-0.3, -0.25) is 0 Å². The van der Waals surface area contributed by atoms with Crippen LogP contribution in [-0.2, 0) is 0 Å². The molecule has 0 bridgehead atoms. The van der Waals surface area contributed by atoms with Gasteiger partial charge in [0.25, 0.3) is 0 Å². The SMILES string of the molecule is CC(C(C)C(C)(C)N)[C@@H]1CNCCN1. The molecule has 0 amide bonds. The summed E-state index contributed by atoms with van der Waals surface area (Å²) in [5, 5.41) is 6.97. The van der Waals surface area contributed by atoms with Gasteiger partial charge in [0.15, 0.2) is 0 Å². The average Bonchev–Trinajstić information content (AvgIpc) is 2.15. The van der Waals surface area contributed by atoms with E-state index in [0.717, 1.165) is 19.6 Å². The molecule has 0 aliphatic carbocycles. The van der Waals surface area contributed by atoms with Crippen LogP contribution >= 0.6 is 0 Å². The van der Waals surface area contributed by atoms with Crippen LogP contribution in [0.5, 0.6) is 0 Å². The standard InChI is InChI=1S/C11H25N3/c1-8(9(2)11(3,4)12)10-7-13-5-6-14-10/h8-10,13-14H,5-7,12H2,1-4H3/t8?,9?,10-/m0/s1. The summed E-state index contributed by atoms with van der Waals surface area (Å²) in [6, 6.07) is 0.571. The van der Waals surface area contributed by atoms with Crippen molar-refractivity contribution in [2.45, 2.75) is 39.3 Å². The fourth-order valence-electron chi connectivity index (χ4n) is 2.07. The zero-order valence-corrected chi connectivity index (χ0v) is 9.93. The summed E-state index contributed by atoms with van der Waals surface area (Å²) in [5.41, 5.74) is 6.05. The zero-order valence-electron chi connectivity index (χ0n) is 9.93. The van der Waals surface area contributed by atoms with E-state index in [-0.39, 0.29) is 5.54 Å². The Morgan fingerprint density at radius 1 is 1.29 bits per heavy atom. The van der Waals surface area contributed by atoms with Gasteiger partial charge in [-0.15, -0.1) is 0 Å². The second kappa shape index (κ2) is 4.60. The molecule has 1 aliphatic heterocycles. The first-order valence-corrected chi connectivity index (χ1v) is 5.66. The predicted octanol–water partition coefficient (Wildman–Crippen LogP) is 0.557. The van der Waals surface area contributed by atoms with E-state index in [0.29, 0.717) is 17.9 Å². The lowest BCUT2D eigenvalue weighted by Gasteiger charge is -2.39. The van der Waals surface area contributed by atoms with Crippen LogP contribution in [0.4, 0.5) is 0 Å². The largest absolute Gasteiger partial charge is 0.325 e. The van der Waals surface area contributed by atoms with Gasteiger partial charge in [-0.05, 0) is 25.7 Å². The molecule has 3 nitrogen and oxygen atoms in total. The molecule has 1 fully saturated rings. The molecule has 84 valence electrons. The minimum atomic E-state index is -0.0848. The lowest BCUT2D eigenvalue weighted by atomic mass is 9.77. The van der Waals surface area contributed by atoms with Crippen LogP contribution in [-0.4, -0.2) is 31.2 Å². The van der Waals surface area contributed by atoms with E-state index in [1.165, 1.54) is 0 Å². The lowest BCUT2D eigenvalue weighted by molar-refractivity contribution is 0.189. The highest BCUT2D eigenvalue weighted by molar-refractivity contribution is 4.90. The maximum Gasteiger partial charge on any atom is 0.0221 e. The fourth-order valence-corrected chi connectivity index (χ4v) is 2.07. The maximum atomic E-state index is 6.14. The first-order chi connectivity index (χ1) is 6.43. The van der Waals surface area contributed by atoms with Gasteiger partial charge in [-0.1, -0.05) is 13.8 Å². The van der Waals surface area contributed by atoms with Crippen LogP contribution in [0.2, 0.25) is 0 Å². The summed E-state index contributed by atoms with van der Waals surface area (Å²) in [6.07, 6.45) is 0. The molecular weight excluding hydrogens is 174 g/mol. The summed E-state index contributed by atoms with van der Waals surface area (Å²) in [7, 11) is 0. The third-order valence-electron chi connectivity index (χ3n) is 3.67. The van der Waals surface area contributed by atoms with E-state index in [4.69, 9.17) is 5.73 Å². The molecule has 2 unspecified atom stereocenters. The molecule has 1 heterocycles. The second-order valence-corrected chi connectivity index (χ2v) is 5.23.